The van der Waals surface area contributed by atoms with Gasteiger partial charge in [0.05, 0.1) is 16.3 Å². The van der Waals surface area contributed by atoms with Gasteiger partial charge < -0.3 is 0 Å². The first kappa shape index (κ1) is 10.6. The van der Waals surface area contributed by atoms with Gasteiger partial charge in [-0.2, -0.15) is 5.10 Å². The van der Waals surface area contributed by atoms with Crippen molar-refractivity contribution in [2.24, 2.45) is 0 Å². The van der Waals surface area contributed by atoms with E-state index >= 15 is 0 Å². The highest BCUT2D eigenvalue weighted by atomic mass is 127. The van der Waals surface area contributed by atoms with Gasteiger partial charge in [-0.1, -0.05) is 6.07 Å². The van der Waals surface area contributed by atoms with E-state index in [9.17, 15) is 4.39 Å². The molecular formula is C11H10FIN2. The summed E-state index contributed by atoms with van der Waals surface area (Å²) >= 11 is 2.21. The molecule has 0 bridgehead atoms. The lowest BCUT2D eigenvalue weighted by molar-refractivity contribution is 0.622. The van der Waals surface area contributed by atoms with Crippen LogP contribution in [0.1, 0.15) is 11.1 Å². The van der Waals surface area contributed by atoms with E-state index in [0.29, 0.717) is 6.54 Å². The van der Waals surface area contributed by atoms with Gasteiger partial charge in [0.25, 0.3) is 0 Å². The van der Waals surface area contributed by atoms with Crippen LogP contribution in [-0.4, -0.2) is 9.78 Å². The number of aromatic nitrogens is 2. The maximum atomic E-state index is 12.9. The lowest BCUT2D eigenvalue weighted by Gasteiger charge is -2.05. The molecule has 0 unspecified atom stereocenters. The molecule has 0 spiro atoms. The molecule has 0 radical (unpaired) electrons. The third-order valence-electron chi connectivity index (χ3n) is 2.24. The fraction of sp³-hybridized carbons (Fsp3) is 0.182. The topological polar surface area (TPSA) is 17.8 Å². The highest BCUT2D eigenvalue weighted by molar-refractivity contribution is 14.1. The Morgan fingerprint density at radius 2 is 2.27 bits per heavy atom. The Kier molecular flexibility index (Phi) is 3.04. The summed E-state index contributed by atoms with van der Waals surface area (Å²) in [5.74, 6) is -0.189. The van der Waals surface area contributed by atoms with Crippen LogP contribution in [-0.2, 0) is 6.54 Å². The van der Waals surface area contributed by atoms with Crippen molar-refractivity contribution in [1.29, 1.82) is 0 Å². The van der Waals surface area contributed by atoms with E-state index in [1.807, 2.05) is 17.8 Å². The highest BCUT2D eigenvalue weighted by Gasteiger charge is 2.02. The minimum Gasteiger partial charge on any atom is -0.267 e. The quantitative estimate of drug-likeness (QED) is 0.779. The molecular weight excluding hydrogens is 306 g/mol. The van der Waals surface area contributed by atoms with E-state index in [4.69, 9.17) is 0 Å². The standard InChI is InChI=1S/C11H10FIN2/c1-8-4-10(12)3-2-9(8)6-15-7-11(13)5-14-15/h2-5,7H,6H2,1H3. The summed E-state index contributed by atoms with van der Waals surface area (Å²) in [7, 11) is 0. The molecule has 1 heterocycles. The molecule has 2 rings (SSSR count). The molecule has 0 aliphatic rings. The third-order valence-corrected chi connectivity index (χ3v) is 2.80. The Bertz CT molecular complexity index is 479. The number of rotatable bonds is 2. The summed E-state index contributed by atoms with van der Waals surface area (Å²) in [4.78, 5) is 0. The molecule has 0 N–H and O–H groups in total. The number of benzene rings is 1. The molecule has 0 fully saturated rings. The molecule has 78 valence electrons. The van der Waals surface area contributed by atoms with Gasteiger partial charge in [0.15, 0.2) is 0 Å². The van der Waals surface area contributed by atoms with Crippen LogP contribution in [0.3, 0.4) is 0 Å². The van der Waals surface area contributed by atoms with Gasteiger partial charge in [-0.15, -0.1) is 0 Å². The second kappa shape index (κ2) is 4.30. The molecule has 0 amide bonds. The summed E-state index contributed by atoms with van der Waals surface area (Å²) in [5, 5.41) is 4.19. The molecule has 0 atom stereocenters. The molecule has 1 aromatic carbocycles. The second-order valence-corrected chi connectivity index (χ2v) is 4.67. The Hall–Kier alpha value is -0.910. The molecule has 0 aliphatic heterocycles. The second-order valence-electron chi connectivity index (χ2n) is 3.43. The number of hydrogen-bond acceptors (Lipinski definition) is 1. The van der Waals surface area contributed by atoms with E-state index < -0.39 is 0 Å². The zero-order valence-electron chi connectivity index (χ0n) is 8.24. The van der Waals surface area contributed by atoms with E-state index in [0.717, 1.165) is 14.7 Å². The molecule has 2 nitrogen and oxygen atoms in total. The Morgan fingerprint density at radius 3 is 2.87 bits per heavy atom. The molecule has 2 aromatic rings. The normalized spacial score (nSPS) is 10.6. The van der Waals surface area contributed by atoms with Crippen LogP contribution in [0.5, 0.6) is 0 Å². The lowest BCUT2D eigenvalue weighted by atomic mass is 10.1. The van der Waals surface area contributed by atoms with Gasteiger partial charge in [0.1, 0.15) is 5.82 Å². The van der Waals surface area contributed by atoms with Crippen LogP contribution < -0.4 is 0 Å². The van der Waals surface area contributed by atoms with Crippen LogP contribution in [0, 0.1) is 16.3 Å². The Labute approximate surface area is 101 Å². The van der Waals surface area contributed by atoms with Gasteiger partial charge in [-0.3, -0.25) is 4.68 Å². The Balaban J connectivity index is 2.24. The monoisotopic (exact) mass is 316 g/mol. The largest absolute Gasteiger partial charge is 0.267 e. The third kappa shape index (κ3) is 2.56. The molecule has 0 aliphatic carbocycles. The summed E-state index contributed by atoms with van der Waals surface area (Å²) in [5.41, 5.74) is 2.05. The fourth-order valence-corrected chi connectivity index (χ4v) is 1.88. The minimum atomic E-state index is -0.189. The fourth-order valence-electron chi connectivity index (χ4n) is 1.44. The van der Waals surface area contributed by atoms with E-state index in [-0.39, 0.29) is 5.82 Å². The molecule has 0 saturated heterocycles. The van der Waals surface area contributed by atoms with Crippen LogP contribution >= 0.6 is 22.6 Å². The molecule has 15 heavy (non-hydrogen) atoms. The SMILES string of the molecule is Cc1cc(F)ccc1Cn1cc(I)cn1. The van der Waals surface area contributed by atoms with E-state index in [2.05, 4.69) is 27.7 Å². The van der Waals surface area contributed by atoms with Gasteiger partial charge in [-0.25, -0.2) is 4.39 Å². The van der Waals surface area contributed by atoms with E-state index in [1.165, 1.54) is 6.07 Å². The Morgan fingerprint density at radius 1 is 1.47 bits per heavy atom. The first-order valence-corrected chi connectivity index (χ1v) is 5.66. The minimum absolute atomic E-state index is 0.189. The zero-order chi connectivity index (χ0) is 10.8. The molecule has 0 saturated carbocycles. The van der Waals surface area contributed by atoms with Crippen LogP contribution in [0.2, 0.25) is 0 Å². The summed E-state index contributed by atoms with van der Waals surface area (Å²) in [6, 6.07) is 4.83. The van der Waals surface area contributed by atoms with Crippen molar-refractivity contribution in [2.75, 3.05) is 0 Å². The predicted molar refractivity (Wildman–Crippen MR) is 65.2 cm³/mol. The maximum Gasteiger partial charge on any atom is 0.123 e. The summed E-state index contributed by atoms with van der Waals surface area (Å²) < 4.78 is 15.8. The van der Waals surface area contributed by atoms with Crippen molar-refractivity contribution in [3.8, 4) is 0 Å². The van der Waals surface area contributed by atoms with Gasteiger partial charge in [-0.05, 0) is 52.8 Å². The van der Waals surface area contributed by atoms with Crippen LogP contribution in [0.25, 0.3) is 0 Å². The van der Waals surface area contributed by atoms with Crippen molar-refractivity contribution in [3.63, 3.8) is 0 Å². The average Bonchev–Trinajstić information content (AvgIpc) is 2.56. The molecule has 1 aromatic heterocycles. The summed E-state index contributed by atoms with van der Waals surface area (Å²) in [6.45, 7) is 2.60. The van der Waals surface area contributed by atoms with Crippen LogP contribution in [0.4, 0.5) is 4.39 Å². The average molecular weight is 316 g/mol. The number of halogens is 2. The first-order valence-electron chi connectivity index (χ1n) is 4.58. The predicted octanol–water partition coefficient (Wildman–Crippen LogP) is 2.98. The number of nitrogens with zero attached hydrogens (tertiary/aromatic N) is 2. The van der Waals surface area contributed by atoms with Crippen LogP contribution in [0.15, 0.2) is 30.6 Å². The van der Waals surface area contributed by atoms with Gasteiger partial charge in [0.2, 0.25) is 0 Å². The van der Waals surface area contributed by atoms with Crippen molar-refractivity contribution >= 4 is 22.6 Å². The number of aryl methyl sites for hydroxylation is 1. The highest BCUT2D eigenvalue weighted by Crippen LogP contribution is 2.12. The van der Waals surface area contributed by atoms with Crippen molar-refractivity contribution in [2.45, 2.75) is 13.5 Å². The lowest BCUT2D eigenvalue weighted by Crippen LogP contribution is -2.01. The number of hydrogen-bond donors (Lipinski definition) is 0. The zero-order valence-corrected chi connectivity index (χ0v) is 10.4. The van der Waals surface area contributed by atoms with Gasteiger partial charge >= 0.3 is 0 Å². The maximum absolute atomic E-state index is 12.9. The van der Waals surface area contributed by atoms with E-state index in [1.54, 1.807) is 18.3 Å². The summed E-state index contributed by atoms with van der Waals surface area (Å²) in [6.07, 6.45) is 3.77. The van der Waals surface area contributed by atoms with Crippen molar-refractivity contribution in [1.82, 2.24) is 9.78 Å². The smallest absolute Gasteiger partial charge is 0.123 e. The van der Waals surface area contributed by atoms with Crippen molar-refractivity contribution < 1.29 is 4.39 Å². The molecule has 4 heteroatoms. The van der Waals surface area contributed by atoms with Gasteiger partial charge in [0, 0.05) is 6.20 Å². The van der Waals surface area contributed by atoms with Crippen molar-refractivity contribution in [3.05, 3.63) is 51.1 Å². The first-order chi connectivity index (χ1) is 7.15.